The van der Waals surface area contributed by atoms with Gasteiger partial charge in [-0.05, 0) is 41.5 Å². The van der Waals surface area contributed by atoms with Crippen LogP contribution in [0.3, 0.4) is 0 Å². The van der Waals surface area contributed by atoms with Crippen LogP contribution >= 0.6 is 0 Å². The molecule has 0 amide bonds. The van der Waals surface area contributed by atoms with Crippen molar-refractivity contribution in [3.8, 4) is 28.7 Å². The van der Waals surface area contributed by atoms with Crippen LogP contribution in [-0.2, 0) is 14.3 Å². The molecule has 2 aliphatic rings. The predicted molar refractivity (Wildman–Crippen MR) is 144 cm³/mol. The summed E-state index contributed by atoms with van der Waals surface area (Å²) in [6, 6.07) is 14.5. The van der Waals surface area contributed by atoms with Gasteiger partial charge >= 0.3 is 5.97 Å². The zero-order valence-corrected chi connectivity index (χ0v) is 21.9. The van der Waals surface area contributed by atoms with Crippen molar-refractivity contribution in [3.05, 3.63) is 83.4 Å². The molecule has 12 heteroatoms. The van der Waals surface area contributed by atoms with E-state index in [2.05, 4.69) is 0 Å². The molecule has 1 fully saturated rings. The lowest BCUT2D eigenvalue weighted by atomic mass is 9.95. The van der Waals surface area contributed by atoms with Gasteiger partial charge in [0.1, 0.15) is 58.7 Å². The van der Waals surface area contributed by atoms with E-state index < -0.39 is 60.9 Å². The third-order valence-electron chi connectivity index (χ3n) is 6.87. The van der Waals surface area contributed by atoms with E-state index in [1.165, 1.54) is 36.4 Å². The largest absolute Gasteiger partial charge is 0.508 e. The second kappa shape index (κ2) is 12.1. The van der Waals surface area contributed by atoms with Gasteiger partial charge in [-0.3, -0.25) is 4.79 Å². The minimum atomic E-state index is -1.73. The first-order valence-electron chi connectivity index (χ1n) is 13.0. The highest BCUT2D eigenvalue weighted by molar-refractivity contribution is 6.02. The van der Waals surface area contributed by atoms with Crippen LogP contribution in [-0.4, -0.2) is 79.7 Å². The van der Waals surface area contributed by atoms with Crippen molar-refractivity contribution < 1.29 is 59.2 Å². The normalized spacial score (nSPS) is 25.5. The summed E-state index contributed by atoms with van der Waals surface area (Å²) in [5.74, 6) is -1.75. The van der Waals surface area contributed by atoms with E-state index in [1.54, 1.807) is 24.3 Å². The van der Waals surface area contributed by atoms with E-state index in [0.717, 1.165) is 12.1 Å². The van der Waals surface area contributed by atoms with Crippen LogP contribution in [0.1, 0.15) is 34.0 Å². The van der Waals surface area contributed by atoms with Gasteiger partial charge in [0.05, 0.1) is 13.0 Å². The number of phenols is 3. The van der Waals surface area contributed by atoms with Crippen LogP contribution in [0, 0.1) is 0 Å². The molecule has 2 heterocycles. The summed E-state index contributed by atoms with van der Waals surface area (Å²) in [6.45, 7) is -0.694. The molecule has 2 aliphatic heterocycles. The van der Waals surface area contributed by atoms with Gasteiger partial charge in [-0.25, -0.2) is 4.79 Å². The Kier molecular flexibility index (Phi) is 8.31. The average molecular weight is 581 g/mol. The van der Waals surface area contributed by atoms with Crippen LogP contribution in [0.25, 0.3) is 6.08 Å². The van der Waals surface area contributed by atoms with E-state index in [-0.39, 0.29) is 35.0 Å². The molecule has 6 N–H and O–H groups in total. The SMILES string of the molecule is O=C(C=Cc1ccc(O)cc1)O[C@@H]1[C@@H](Oc2cc(O)c3c(c2)O[C@H](c2ccc(O)cc2)CC3=O)O[C@@H](CO)[C@@H](O)[C@H]1O. The van der Waals surface area contributed by atoms with Crippen molar-refractivity contribution in [1.82, 2.24) is 0 Å². The fraction of sp³-hybridized carbons (Fsp3) is 0.267. The average Bonchev–Trinajstić information content (AvgIpc) is 2.96. The molecule has 0 saturated carbocycles. The Morgan fingerprint density at radius 3 is 2.29 bits per heavy atom. The molecule has 0 aliphatic carbocycles. The molecule has 6 atom stereocenters. The molecular formula is C30H28O12. The smallest absolute Gasteiger partial charge is 0.331 e. The van der Waals surface area contributed by atoms with Crippen molar-refractivity contribution in [2.75, 3.05) is 6.61 Å². The highest BCUT2D eigenvalue weighted by Crippen LogP contribution is 2.42. The Hall–Kier alpha value is -4.62. The molecule has 1 saturated heterocycles. The fourth-order valence-electron chi connectivity index (χ4n) is 4.69. The zero-order valence-electron chi connectivity index (χ0n) is 21.9. The first-order chi connectivity index (χ1) is 20.1. The number of rotatable bonds is 7. The number of fused-ring (bicyclic) bond motifs is 1. The number of Topliss-reactive ketones (excluding diaryl/α,β-unsaturated/α-hetero) is 1. The van der Waals surface area contributed by atoms with Gasteiger partial charge in [0.2, 0.25) is 6.29 Å². The second-order valence-electron chi connectivity index (χ2n) is 9.79. The van der Waals surface area contributed by atoms with Gasteiger partial charge in [-0.1, -0.05) is 24.3 Å². The Morgan fingerprint density at radius 1 is 0.952 bits per heavy atom. The third-order valence-corrected chi connectivity index (χ3v) is 6.87. The minimum Gasteiger partial charge on any atom is -0.508 e. The van der Waals surface area contributed by atoms with Gasteiger partial charge in [0.15, 0.2) is 11.9 Å². The Balaban J connectivity index is 1.38. The quantitative estimate of drug-likeness (QED) is 0.176. The van der Waals surface area contributed by atoms with E-state index in [4.69, 9.17) is 18.9 Å². The number of hydrogen-bond donors (Lipinski definition) is 6. The molecule has 5 rings (SSSR count). The maximum Gasteiger partial charge on any atom is 0.331 e. The summed E-state index contributed by atoms with van der Waals surface area (Å²) >= 11 is 0. The summed E-state index contributed by atoms with van der Waals surface area (Å²) in [5, 5.41) is 60.4. The summed E-state index contributed by atoms with van der Waals surface area (Å²) in [4.78, 5) is 25.5. The molecular weight excluding hydrogens is 552 g/mol. The minimum absolute atomic E-state index is 0.000184. The summed E-state index contributed by atoms with van der Waals surface area (Å²) in [5.41, 5.74) is 1.12. The number of esters is 1. The van der Waals surface area contributed by atoms with Gasteiger partial charge < -0.3 is 49.6 Å². The molecule has 0 radical (unpaired) electrons. The molecule has 12 nitrogen and oxygen atoms in total. The second-order valence-corrected chi connectivity index (χ2v) is 9.79. The first kappa shape index (κ1) is 28.9. The predicted octanol–water partition coefficient (Wildman–Crippen LogP) is 1.95. The first-order valence-corrected chi connectivity index (χ1v) is 13.0. The highest BCUT2D eigenvalue weighted by Gasteiger charge is 2.48. The van der Waals surface area contributed by atoms with Crippen molar-refractivity contribution >= 4 is 17.8 Å². The lowest BCUT2D eigenvalue weighted by Crippen LogP contribution is -2.61. The van der Waals surface area contributed by atoms with Gasteiger partial charge in [0, 0.05) is 18.2 Å². The van der Waals surface area contributed by atoms with Crippen molar-refractivity contribution in [2.24, 2.45) is 0 Å². The Morgan fingerprint density at radius 2 is 1.62 bits per heavy atom. The number of hydrogen-bond acceptors (Lipinski definition) is 12. The van der Waals surface area contributed by atoms with Crippen LogP contribution in [0.4, 0.5) is 0 Å². The van der Waals surface area contributed by atoms with Crippen LogP contribution in [0.2, 0.25) is 0 Å². The van der Waals surface area contributed by atoms with E-state index in [0.29, 0.717) is 11.1 Å². The third kappa shape index (κ3) is 6.16. The fourth-order valence-corrected chi connectivity index (χ4v) is 4.69. The number of aliphatic hydroxyl groups excluding tert-OH is 3. The molecule has 0 bridgehead atoms. The van der Waals surface area contributed by atoms with Gasteiger partial charge in [-0.15, -0.1) is 0 Å². The maximum atomic E-state index is 12.9. The molecule has 3 aromatic rings. The number of ether oxygens (including phenoxy) is 4. The van der Waals surface area contributed by atoms with Gasteiger partial charge in [0.25, 0.3) is 0 Å². The highest BCUT2D eigenvalue weighted by atomic mass is 16.7. The van der Waals surface area contributed by atoms with Gasteiger partial charge in [-0.2, -0.15) is 0 Å². The van der Waals surface area contributed by atoms with Crippen molar-refractivity contribution in [3.63, 3.8) is 0 Å². The van der Waals surface area contributed by atoms with Crippen molar-refractivity contribution in [2.45, 2.75) is 43.2 Å². The number of ketones is 1. The van der Waals surface area contributed by atoms with E-state index in [1.807, 2.05) is 0 Å². The summed E-state index contributed by atoms with van der Waals surface area (Å²) in [6.07, 6.45) is -6.09. The Labute approximate surface area is 239 Å². The number of carbonyl (C=O) groups is 2. The topological polar surface area (TPSA) is 192 Å². The molecule has 42 heavy (non-hydrogen) atoms. The monoisotopic (exact) mass is 580 g/mol. The van der Waals surface area contributed by atoms with Crippen LogP contribution < -0.4 is 9.47 Å². The lowest BCUT2D eigenvalue weighted by Gasteiger charge is -2.41. The molecule has 0 aromatic heterocycles. The van der Waals surface area contributed by atoms with Crippen LogP contribution in [0.15, 0.2) is 66.7 Å². The van der Waals surface area contributed by atoms with E-state index >= 15 is 0 Å². The molecule has 220 valence electrons. The summed E-state index contributed by atoms with van der Waals surface area (Å²) < 4.78 is 22.7. The number of carbonyl (C=O) groups excluding carboxylic acids is 2. The number of aromatic hydroxyl groups is 3. The lowest BCUT2D eigenvalue weighted by molar-refractivity contribution is -0.281. The van der Waals surface area contributed by atoms with Crippen molar-refractivity contribution in [1.29, 1.82) is 0 Å². The number of phenolic OH excluding ortho intramolecular Hbond substituents is 3. The molecule has 3 aromatic carbocycles. The number of aliphatic hydroxyl groups is 3. The molecule has 0 spiro atoms. The standard InChI is InChI=1S/C30H28O12/c31-14-24-27(37)28(38)29(42-25(36)10-3-15-1-6-17(32)7-2-15)30(41-24)39-19-11-20(34)26-21(35)13-22(40-23(26)12-19)16-4-8-18(33)9-5-16/h1-12,22,24,27-34,37-38H,13-14H2/t22-,24-,27+,28+,29-,30-/m0/s1. The van der Waals surface area contributed by atoms with Crippen LogP contribution in [0.5, 0.6) is 28.7 Å². The number of benzene rings is 3. The summed E-state index contributed by atoms with van der Waals surface area (Å²) in [7, 11) is 0. The zero-order chi connectivity index (χ0) is 30.0. The maximum absolute atomic E-state index is 12.9. The Bertz CT molecular complexity index is 1470. The van der Waals surface area contributed by atoms with E-state index in [9.17, 15) is 40.2 Å². The molecule has 0 unspecified atom stereocenters.